The van der Waals surface area contributed by atoms with Crippen molar-refractivity contribution in [2.24, 2.45) is 0 Å². The van der Waals surface area contributed by atoms with Crippen LogP contribution in [0.2, 0.25) is 5.02 Å². The first-order chi connectivity index (χ1) is 8.94. The van der Waals surface area contributed by atoms with Gasteiger partial charge in [-0.05, 0) is 37.3 Å². The van der Waals surface area contributed by atoms with E-state index in [1.54, 1.807) is 6.92 Å². The van der Waals surface area contributed by atoms with Gasteiger partial charge in [0.2, 0.25) is 0 Å². The molecule has 1 aromatic carbocycles. The molecule has 0 saturated carbocycles. The van der Waals surface area contributed by atoms with Crippen molar-refractivity contribution in [3.8, 4) is 0 Å². The number of aryl methyl sites for hydroxylation is 1. The summed E-state index contributed by atoms with van der Waals surface area (Å²) in [6, 6.07) is 6.77. The predicted molar refractivity (Wildman–Crippen MR) is 70.6 cm³/mol. The number of hydrogen-bond acceptors (Lipinski definition) is 3. The smallest absolute Gasteiger partial charge is 0.335 e. The van der Waals surface area contributed by atoms with Gasteiger partial charge in [0, 0.05) is 16.4 Å². The van der Waals surface area contributed by atoms with Gasteiger partial charge in [-0.15, -0.1) is 0 Å². The first kappa shape index (κ1) is 13.3. The molecule has 6 heteroatoms. The topological polar surface area (TPSA) is 62.2 Å². The highest BCUT2D eigenvalue weighted by Gasteiger charge is 2.07. The van der Waals surface area contributed by atoms with Crippen LogP contribution in [0.5, 0.6) is 0 Å². The Balaban J connectivity index is 2.35. The van der Waals surface area contributed by atoms with Crippen LogP contribution in [0.25, 0.3) is 0 Å². The Hall–Kier alpha value is -2.14. The van der Waals surface area contributed by atoms with E-state index in [2.05, 4.69) is 10.3 Å². The van der Waals surface area contributed by atoms with Gasteiger partial charge in [-0.3, -0.25) is 0 Å². The monoisotopic (exact) mass is 280 g/mol. The van der Waals surface area contributed by atoms with Gasteiger partial charge in [-0.2, -0.15) is 0 Å². The van der Waals surface area contributed by atoms with E-state index in [1.807, 2.05) is 0 Å². The Bertz CT molecular complexity index is 626. The predicted octanol–water partition coefficient (Wildman–Crippen LogP) is 3.62. The molecule has 0 aliphatic rings. The maximum Gasteiger partial charge on any atom is 0.335 e. The number of halogens is 2. The third kappa shape index (κ3) is 3.42. The number of aromatic nitrogens is 1. The lowest BCUT2D eigenvalue weighted by molar-refractivity contribution is 0.0696. The molecule has 4 nitrogen and oxygen atoms in total. The lowest BCUT2D eigenvalue weighted by Crippen LogP contribution is -2.02. The van der Waals surface area contributed by atoms with Crippen molar-refractivity contribution in [2.45, 2.75) is 6.92 Å². The maximum absolute atomic E-state index is 13.2. The Labute approximate surface area is 113 Å². The lowest BCUT2D eigenvalue weighted by atomic mass is 10.2. The van der Waals surface area contributed by atoms with Crippen molar-refractivity contribution in [3.63, 3.8) is 0 Å². The molecule has 19 heavy (non-hydrogen) atoms. The second-order valence-electron chi connectivity index (χ2n) is 3.97. The summed E-state index contributed by atoms with van der Waals surface area (Å²) in [6.45, 7) is 1.68. The minimum absolute atomic E-state index is 0.109. The molecule has 0 radical (unpaired) electrons. The summed E-state index contributed by atoms with van der Waals surface area (Å²) in [5.41, 5.74) is 1.06. The fraction of sp³-hybridized carbons (Fsp3) is 0.0769. The number of hydrogen-bond donors (Lipinski definition) is 2. The van der Waals surface area contributed by atoms with E-state index in [1.165, 1.54) is 30.3 Å². The Kier molecular flexibility index (Phi) is 3.66. The van der Waals surface area contributed by atoms with Crippen LogP contribution in [-0.2, 0) is 0 Å². The van der Waals surface area contributed by atoms with E-state index in [9.17, 15) is 9.18 Å². The van der Waals surface area contributed by atoms with E-state index in [-0.39, 0.29) is 10.6 Å². The zero-order valence-corrected chi connectivity index (χ0v) is 10.7. The van der Waals surface area contributed by atoms with Crippen LogP contribution in [0.3, 0.4) is 0 Å². The molecule has 0 atom stereocenters. The van der Waals surface area contributed by atoms with Gasteiger partial charge in [-0.25, -0.2) is 14.2 Å². The van der Waals surface area contributed by atoms with Crippen LogP contribution >= 0.6 is 11.6 Å². The molecule has 0 fully saturated rings. The second kappa shape index (κ2) is 5.24. The summed E-state index contributed by atoms with van der Waals surface area (Å²) in [5, 5.41) is 12.0. The summed E-state index contributed by atoms with van der Waals surface area (Å²) in [6.07, 6.45) is 0. The fourth-order valence-electron chi connectivity index (χ4n) is 1.63. The number of carbonyl (C=O) groups is 1. The highest BCUT2D eigenvalue weighted by atomic mass is 35.5. The van der Waals surface area contributed by atoms with Crippen molar-refractivity contribution in [1.82, 2.24) is 4.98 Å². The molecule has 1 aromatic heterocycles. The summed E-state index contributed by atoms with van der Waals surface area (Å²) >= 11 is 5.73. The molecular formula is C13H10ClFN2O2. The molecule has 2 aromatic rings. The first-order valence-corrected chi connectivity index (χ1v) is 5.77. The number of carboxylic acid groups (broad SMARTS) is 1. The van der Waals surface area contributed by atoms with Crippen LogP contribution in [0.4, 0.5) is 15.9 Å². The molecule has 0 aliphatic carbocycles. The van der Waals surface area contributed by atoms with Crippen LogP contribution in [0.1, 0.15) is 16.1 Å². The SMILES string of the molecule is Cc1cc(C(=O)O)cc(Nc2cc(F)cc(Cl)c2)n1. The molecule has 2 N–H and O–H groups in total. The highest BCUT2D eigenvalue weighted by Crippen LogP contribution is 2.22. The molecule has 0 amide bonds. The van der Waals surface area contributed by atoms with E-state index < -0.39 is 11.8 Å². The largest absolute Gasteiger partial charge is 0.478 e. The average molecular weight is 281 g/mol. The Morgan fingerprint density at radius 1 is 1.32 bits per heavy atom. The molecule has 0 bridgehead atoms. The van der Waals surface area contributed by atoms with E-state index in [4.69, 9.17) is 16.7 Å². The Morgan fingerprint density at radius 3 is 2.68 bits per heavy atom. The quantitative estimate of drug-likeness (QED) is 0.901. The molecule has 2 rings (SSSR count). The average Bonchev–Trinajstić information content (AvgIpc) is 2.26. The zero-order chi connectivity index (χ0) is 14.0. The lowest BCUT2D eigenvalue weighted by Gasteiger charge is -2.08. The van der Waals surface area contributed by atoms with Crippen LogP contribution < -0.4 is 5.32 Å². The highest BCUT2D eigenvalue weighted by molar-refractivity contribution is 6.30. The summed E-state index contributed by atoms with van der Waals surface area (Å²) in [4.78, 5) is 15.1. The number of carboxylic acids is 1. The standard InChI is InChI=1S/C13H10ClFN2O2/c1-7-2-8(13(18)19)3-12(16-7)17-11-5-9(14)4-10(15)6-11/h2-6H,1H3,(H,16,17)(H,18,19). The Morgan fingerprint density at radius 2 is 2.05 bits per heavy atom. The van der Waals surface area contributed by atoms with E-state index in [0.717, 1.165) is 0 Å². The van der Waals surface area contributed by atoms with Gasteiger partial charge in [0.1, 0.15) is 11.6 Å². The second-order valence-corrected chi connectivity index (χ2v) is 4.41. The van der Waals surface area contributed by atoms with Gasteiger partial charge in [0.15, 0.2) is 0 Å². The van der Waals surface area contributed by atoms with E-state index >= 15 is 0 Å². The first-order valence-electron chi connectivity index (χ1n) is 5.39. The third-order valence-electron chi connectivity index (χ3n) is 2.34. The molecule has 98 valence electrons. The summed E-state index contributed by atoms with van der Waals surface area (Å²) < 4.78 is 13.2. The maximum atomic E-state index is 13.2. The van der Waals surface area contributed by atoms with Crippen LogP contribution in [0.15, 0.2) is 30.3 Å². The molecule has 0 unspecified atom stereocenters. The van der Waals surface area contributed by atoms with Gasteiger partial charge < -0.3 is 10.4 Å². The number of nitrogens with zero attached hydrogens (tertiary/aromatic N) is 1. The minimum Gasteiger partial charge on any atom is -0.478 e. The number of aromatic carboxylic acids is 1. The van der Waals surface area contributed by atoms with Crippen LogP contribution in [-0.4, -0.2) is 16.1 Å². The van der Waals surface area contributed by atoms with Crippen molar-refractivity contribution in [1.29, 1.82) is 0 Å². The number of rotatable bonds is 3. The number of anilines is 2. The van der Waals surface area contributed by atoms with Crippen LogP contribution in [0, 0.1) is 12.7 Å². The number of pyridine rings is 1. The fourth-order valence-corrected chi connectivity index (χ4v) is 1.85. The number of benzene rings is 1. The van der Waals surface area contributed by atoms with Crippen molar-refractivity contribution in [3.05, 3.63) is 52.4 Å². The van der Waals surface area contributed by atoms with Gasteiger partial charge in [0.25, 0.3) is 0 Å². The van der Waals surface area contributed by atoms with Gasteiger partial charge >= 0.3 is 5.97 Å². The molecule has 0 saturated heterocycles. The summed E-state index contributed by atoms with van der Waals surface area (Å²) in [5.74, 6) is -1.22. The number of nitrogens with one attached hydrogen (secondary N) is 1. The molecule has 1 heterocycles. The molecular weight excluding hydrogens is 271 g/mol. The summed E-state index contributed by atoms with van der Waals surface area (Å²) in [7, 11) is 0. The minimum atomic E-state index is -1.05. The van der Waals surface area contributed by atoms with Crippen molar-refractivity contribution >= 4 is 29.1 Å². The molecule has 0 aliphatic heterocycles. The third-order valence-corrected chi connectivity index (χ3v) is 2.55. The van der Waals surface area contributed by atoms with E-state index in [0.29, 0.717) is 17.2 Å². The van der Waals surface area contributed by atoms with Crippen molar-refractivity contribution in [2.75, 3.05) is 5.32 Å². The van der Waals surface area contributed by atoms with Gasteiger partial charge in [-0.1, -0.05) is 11.6 Å². The van der Waals surface area contributed by atoms with Crippen molar-refractivity contribution < 1.29 is 14.3 Å². The molecule has 0 spiro atoms. The van der Waals surface area contributed by atoms with Gasteiger partial charge in [0.05, 0.1) is 5.56 Å². The zero-order valence-electron chi connectivity index (χ0n) is 9.95. The normalized spacial score (nSPS) is 10.3.